The molecule has 2 unspecified atom stereocenters. The Bertz CT molecular complexity index is 4010. The van der Waals surface area contributed by atoms with Crippen molar-refractivity contribution >= 4 is 94.7 Å². The van der Waals surface area contributed by atoms with Crippen molar-refractivity contribution in [3.8, 4) is 0 Å². The molecule has 7 amide bonds. The van der Waals surface area contributed by atoms with Crippen LogP contribution >= 0.6 is 11.6 Å². The number of Topliss-reactive ketones (excluding diaryl/α,β-unsaturated/α-hetero) is 1. The summed E-state index contributed by atoms with van der Waals surface area (Å²) >= 11 is 6.00. The number of halogens is 2. The van der Waals surface area contributed by atoms with E-state index in [4.69, 9.17) is 51.5 Å². The number of benzene rings is 4. The van der Waals surface area contributed by atoms with Gasteiger partial charge in [0, 0.05) is 63.1 Å². The van der Waals surface area contributed by atoms with Crippen LogP contribution in [-0.4, -0.2) is 166 Å². The number of hydrogen-bond acceptors (Lipinski definition) is 21. The van der Waals surface area contributed by atoms with Gasteiger partial charge in [0.25, 0.3) is 5.91 Å². The first-order valence-electron chi connectivity index (χ1n) is 33.7. The lowest BCUT2D eigenvalue weighted by Gasteiger charge is -2.67. The fourth-order valence-electron chi connectivity index (χ4n) is 14.0. The quantitative estimate of drug-likeness (QED) is 0.0117. The second-order valence-electron chi connectivity index (χ2n) is 26.9. The molecule has 14 atom stereocenters. The maximum atomic E-state index is 15.9. The van der Waals surface area contributed by atoms with Crippen molar-refractivity contribution in [2.45, 2.75) is 178 Å². The van der Waals surface area contributed by atoms with Crippen LogP contribution in [0.25, 0.3) is 6.08 Å². The average Bonchev–Trinajstić information content (AvgIpc) is 0.669. The SMILES string of the molecule is CC(=O)O[C@H]1C(=O)[C@@]2(C)[C@H]([C@H](OC(=O)c3ccccc3)[C@]3(O)C[C@H](OC(=O)[C@H](OC(=O)CCC(=O)NCCCCC(NC(=O)CC[C@H](NC(=O)C(C)NC(=O)/C=C/c4ccc(F)cc4Cl)C(N)=O)C(N)=O)[C@H](NC(=O)c4ccccc4)c4ccccc4)C(C)=C1C3(C)C)[C@]1(OC(C)=O)CO[C@@H]1C[C@@H]2O. The molecule has 0 spiro atoms. The fraction of sp³-hybridized carbons (Fsp3) is 0.446. The highest BCUT2D eigenvalue weighted by Gasteiger charge is 2.78. The number of primary amides is 2. The maximum absolute atomic E-state index is 15.9. The van der Waals surface area contributed by atoms with E-state index in [2.05, 4.69) is 26.6 Å². The molecule has 1 saturated heterocycles. The number of carbonyl (C=O) groups is 13. The first-order valence-corrected chi connectivity index (χ1v) is 34.1. The number of unbranched alkanes of at least 4 members (excludes halogenated alkanes) is 1. The average molecular weight is 1460 g/mol. The van der Waals surface area contributed by atoms with Gasteiger partial charge in [-0.2, -0.15) is 0 Å². The Labute approximate surface area is 603 Å². The highest BCUT2D eigenvalue weighted by atomic mass is 35.5. The lowest BCUT2D eigenvalue weighted by molar-refractivity contribution is -0.346. The van der Waals surface area contributed by atoms with Crippen molar-refractivity contribution in [2.24, 2.45) is 28.2 Å². The maximum Gasteiger partial charge on any atom is 0.350 e. The minimum absolute atomic E-state index is 0.0163. The third-order valence-corrected chi connectivity index (χ3v) is 20.0. The van der Waals surface area contributed by atoms with E-state index in [0.717, 1.165) is 32.1 Å². The van der Waals surface area contributed by atoms with Gasteiger partial charge in [-0.05, 0) is 111 Å². The van der Waals surface area contributed by atoms with E-state index < -0.39 is 204 Å². The second-order valence-corrected chi connectivity index (χ2v) is 27.3. The molecule has 3 aliphatic carbocycles. The van der Waals surface area contributed by atoms with Gasteiger partial charge in [0.05, 0.1) is 41.1 Å². The number of nitrogens with two attached hydrogens (primary N) is 2. The first kappa shape index (κ1) is 79.5. The Kier molecular flexibility index (Phi) is 25.9. The molecule has 2 saturated carbocycles. The van der Waals surface area contributed by atoms with Crippen molar-refractivity contribution in [1.29, 1.82) is 0 Å². The van der Waals surface area contributed by atoms with Crippen LogP contribution in [0.3, 0.4) is 0 Å². The summed E-state index contributed by atoms with van der Waals surface area (Å²) in [6.07, 6.45) is -10.8. The summed E-state index contributed by atoms with van der Waals surface area (Å²) in [6.45, 7) is 8.81. The van der Waals surface area contributed by atoms with E-state index in [1.807, 2.05) is 0 Å². The first-order chi connectivity index (χ1) is 49.1. The van der Waals surface area contributed by atoms with Crippen LogP contribution in [0.5, 0.6) is 0 Å². The molecule has 4 aromatic carbocycles. The van der Waals surface area contributed by atoms with Crippen LogP contribution in [0.4, 0.5) is 4.39 Å². The van der Waals surface area contributed by atoms with Gasteiger partial charge in [0.1, 0.15) is 53.9 Å². The van der Waals surface area contributed by atoms with Crippen LogP contribution in [0.2, 0.25) is 5.02 Å². The zero-order valence-electron chi connectivity index (χ0n) is 58.2. The zero-order valence-corrected chi connectivity index (χ0v) is 59.0. The van der Waals surface area contributed by atoms with E-state index in [1.165, 1.54) is 83.2 Å². The monoisotopic (exact) mass is 1460 g/mol. The zero-order chi connectivity index (χ0) is 76.2. The standard InChI is InChI=1S/C74H85ClFN7O21/c1-39-51(37-74(98)64(103-69(96)46-23-15-10-16-24-46)62-72(7,52(86)36-53-73(62,38-99-53)104-42(4)85)63(91)60(100-41(3)84)58(39)71(74,5)6)101-70(97)61(59(44-19-11-8-12-20-44)83-68(95)45-21-13-9-14-22-45)102-57(90)33-32-54(87)79-34-18-17-25-49(65(77)92)81-56(89)31-29-50(66(78)93)82-67(94)40(2)80-55(88)30-27-43-26-28-47(76)35-48(43)75/h8-16,19-24,26-28,30,35,40,49-53,59-62,64,86,98H,17-18,25,29,31-34,36-38H2,1-7H3,(H2,77,92)(H2,78,93)(H,79,87)(H,80,88)(H,81,89)(H,82,94)(H,83,95)/b30-27+/t40?,49?,50-,51-,52-,53+,59+,60+,61+,62-,64-,72+,73-,74+/m0/s1. The molecule has 2 bridgehead atoms. The van der Waals surface area contributed by atoms with Gasteiger partial charge < -0.3 is 76.7 Å². The van der Waals surface area contributed by atoms with E-state index >= 15 is 9.59 Å². The smallest absolute Gasteiger partial charge is 0.350 e. The van der Waals surface area contributed by atoms with E-state index in [-0.39, 0.29) is 71.5 Å². The number of aliphatic hydroxyl groups is 2. The molecule has 30 heteroatoms. The molecule has 1 aliphatic heterocycles. The van der Waals surface area contributed by atoms with Crippen molar-refractivity contribution in [2.75, 3.05) is 13.2 Å². The number of rotatable bonds is 30. The summed E-state index contributed by atoms with van der Waals surface area (Å²) in [5, 5.41) is 39.2. The lowest BCUT2D eigenvalue weighted by Crippen LogP contribution is -2.82. The Hall–Kier alpha value is -10.2. The van der Waals surface area contributed by atoms with Gasteiger partial charge in [-0.15, -0.1) is 0 Å². The molecule has 0 aromatic heterocycles. The fourth-order valence-corrected chi connectivity index (χ4v) is 14.3. The molecule has 556 valence electrons. The molecule has 104 heavy (non-hydrogen) atoms. The second kappa shape index (κ2) is 33.9. The van der Waals surface area contributed by atoms with Crippen LogP contribution in [0, 0.1) is 22.6 Å². The largest absolute Gasteiger partial charge is 0.455 e. The van der Waals surface area contributed by atoms with Crippen molar-refractivity contribution in [1.82, 2.24) is 26.6 Å². The molecular weight excluding hydrogens is 1380 g/mol. The number of amides is 7. The van der Waals surface area contributed by atoms with Crippen molar-refractivity contribution in [3.05, 3.63) is 160 Å². The molecule has 11 N–H and O–H groups in total. The number of carbonyl (C=O) groups excluding carboxylic acids is 13. The highest BCUT2D eigenvalue weighted by Crippen LogP contribution is 2.64. The Morgan fingerprint density at radius 3 is 1.97 bits per heavy atom. The molecule has 3 fully saturated rings. The third-order valence-electron chi connectivity index (χ3n) is 19.6. The molecule has 4 aliphatic rings. The number of esters is 5. The highest BCUT2D eigenvalue weighted by molar-refractivity contribution is 6.32. The van der Waals surface area contributed by atoms with Crippen molar-refractivity contribution in [3.63, 3.8) is 0 Å². The summed E-state index contributed by atoms with van der Waals surface area (Å²) in [4.78, 5) is 178. The third kappa shape index (κ3) is 18.0. The minimum atomic E-state index is -2.58. The van der Waals surface area contributed by atoms with Gasteiger partial charge >= 0.3 is 29.8 Å². The molecule has 0 radical (unpaired) electrons. The number of fused-ring (bicyclic) bond motifs is 5. The summed E-state index contributed by atoms with van der Waals surface area (Å²) < 4.78 is 50.4. The number of hydrogen-bond donors (Lipinski definition) is 9. The molecule has 8 rings (SSSR count). The lowest BCUT2D eigenvalue weighted by atomic mass is 9.44. The predicted molar refractivity (Wildman–Crippen MR) is 367 cm³/mol. The number of aliphatic hydroxyl groups excluding tert-OH is 1. The topological polar surface area (TPSA) is 430 Å². The van der Waals surface area contributed by atoms with Gasteiger partial charge in [-0.25, -0.2) is 14.0 Å². The van der Waals surface area contributed by atoms with E-state index in [9.17, 15) is 67.3 Å². The number of ether oxygens (including phenoxy) is 6. The Morgan fingerprint density at radius 2 is 1.38 bits per heavy atom. The minimum Gasteiger partial charge on any atom is -0.455 e. The molecular formula is C74H85ClFN7O21. The van der Waals surface area contributed by atoms with Gasteiger partial charge in [-0.3, -0.25) is 52.7 Å². The number of ketones is 1. The van der Waals surface area contributed by atoms with Gasteiger partial charge in [-0.1, -0.05) is 98.2 Å². The van der Waals surface area contributed by atoms with E-state index in [1.54, 1.807) is 54.6 Å². The van der Waals surface area contributed by atoms with Crippen LogP contribution in [0.15, 0.2) is 126 Å². The summed E-state index contributed by atoms with van der Waals surface area (Å²) in [6, 6.07) is 21.4. The van der Waals surface area contributed by atoms with Gasteiger partial charge in [0.2, 0.25) is 41.5 Å². The normalized spacial score (nSPS) is 24.4. The van der Waals surface area contributed by atoms with Crippen LogP contribution < -0.4 is 38.1 Å². The Balaban J connectivity index is 0.978. The summed E-state index contributed by atoms with van der Waals surface area (Å²) in [5.41, 5.74) is 3.15. The van der Waals surface area contributed by atoms with Crippen LogP contribution in [-0.2, 0) is 81.2 Å². The molecule has 1 heterocycles. The predicted octanol–water partition coefficient (Wildman–Crippen LogP) is 4.08. The summed E-state index contributed by atoms with van der Waals surface area (Å²) in [7, 11) is 0. The summed E-state index contributed by atoms with van der Waals surface area (Å²) in [5.74, 6) is -14.3. The van der Waals surface area contributed by atoms with E-state index in [0.29, 0.717) is 5.56 Å². The van der Waals surface area contributed by atoms with Gasteiger partial charge in [0.15, 0.2) is 17.5 Å². The Morgan fingerprint density at radius 1 is 0.750 bits per heavy atom. The molecule has 28 nitrogen and oxygen atoms in total. The molecule has 4 aromatic rings. The van der Waals surface area contributed by atoms with Crippen LogP contribution in [0.1, 0.15) is 144 Å². The van der Waals surface area contributed by atoms with Crippen molar-refractivity contribution < 1.29 is 105 Å². The number of nitrogens with one attached hydrogen (secondary N) is 5.